The molecule has 0 unspecified atom stereocenters. The van der Waals surface area contributed by atoms with Crippen LogP contribution in [0.1, 0.15) is 25.8 Å². The topological polar surface area (TPSA) is 79.8 Å². The van der Waals surface area contributed by atoms with Crippen LogP contribution >= 0.6 is 23.7 Å². The van der Waals surface area contributed by atoms with Crippen LogP contribution in [-0.4, -0.2) is 68.9 Å². The largest absolute Gasteiger partial charge is 0.379 e. The Morgan fingerprint density at radius 2 is 1.84 bits per heavy atom. The van der Waals surface area contributed by atoms with Crippen molar-refractivity contribution in [2.24, 2.45) is 0 Å². The first-order valence-electron chi connectivity index (χ1n) is 11.8. The molecular weight excluding hydrogens is 544 g/mol. The number of ether oxygens (including phenoxy) is 1. The highest BCUT2D eigenvalue weighted by Crippen LogP contribution is 2.32. The predicted octanol–water partition coefficient (Wildman–Crippen LogP) is 4.48. The van der Waals surface area contributed by atoms with Crippen molar-refractivity contribution in [2.75, 3.05) is 44.3 Å². The lowest BCUT2D eigenvalue weighted by Gasteiger charge is -2.27. The highest BCUT2D eigenvalue weighted by atomic mass is 35.5. The van der Waals surface area contributed by atoms with E-state index < -0.39 is 26.7 Å². The lowest BCUT2D eigenvalue weighted by Crippen LogP contribution is -2.39. The summed E-state index contributed by atoms with van der Waals surface area (Å²) in [6, 6.07) is 8.28. The average molecular weight is 574 g/mol. The van der Waals surface area contributed by atoms with Gasteiger partial charge in [-0.2, -0.15) is 0 Å². The molecule has 0 aliphatic carbocycles. The Morgan fingerprint density at radius 1 is 1.16 bits per heavy atom. The normalized spacial score (nSPS) is 14.6. The van der Waals surface area contributed by atoms with Gasteiger partial charge in [0.1, 0.15) is 11.3 Å². The molecule has 1 aromatic heterocycles. The zero-order valence-corrected chi connectivity index (χ0v) is 23.1. The Bertz CT molecular complexity index is 1330. The third kappa shape index (κ3) is 7.02. The maximum absolute atomic E-state index is 14.3. The minimum absolute atomic E-state index is 0. The lowest BCUT2D eigenvalue weighted by atomic mass is 10.1. The lowest BCUT2D eigenvalue weighted by molar-refractivity contribution is -0.118. The monoisotopic (exact) mass is 573 g/mol. The van der Waals surface area contributed by atoms with E-state index in [1.165, 1.54) is 23.1 Å². The first kappa shape index (κ1) is 29.4. The summed E-state index contributed by atoms with van der Waals surface area (Å²) >= 11 is 1.07. The van der Waals surface area contributed by atoms with Crippen molar-refractivity contribution < 1.29 is 26.7 Å². The number of carbonyl (C=O) groups is 1. The van der Waals surface area contributed by atoms with E-state index in [2.05, 4.69) is 9.88 Å². The van der Waals surface area contributed by atoms with Gasteiger partial charge in [0.15, 0.2) is 20.8 Å². The fraction of sp³-hybridized carbons (Fsp3) is 0.440. The minimum atomic E-state index is -3.41. The fourth-order valence-electron chi connectivity index (χ4n) is 4.00. The van der Waals surface area contributed by atoms with Crippen LogP contribution in [0, 0.1) is 11.6 Å². The second-order valence-electron chi connectivity index (χ2n) is 9.00. The van der Waals surface area contributed by atoms with Crippen molar-refractivity contribution in [3.05, 3.63) is 53.6 Å². The van der Waals surface area contributed by atoms with Crippen LogP contribution in [0.4, 0.5) is 13.9 Å². The molecule has 2 aromatic carbocycles. The highest BCUT2D eigenvalue weighted by molar-refractivity contribution is 7.92. The van der Waals surface area contributed by atoms with Crippen LogP contribution in [0.2, 0.25) is 0 Å². The molecule has 0 radical (unpaired) electrons. The summed E-state index contributed by atoms with van der Waals surface area (Å²) in [4.78, 5) is 21.7. The summed E-state index contributed by atoms with van der Waals surface area (Å²) in [6.45, 7) is 7.36. The van der Waals surface area contributed by atoms with E-state index in [0.29, 0.717) is 41.6 Å². The Kier molecular flexibility index (Phi) is 9.99. The highest BCUT2D eigenvalue weighted by Gasteiger charge is 2.23. The molecule has 3 aromatic rings. The number of sulfone groups is 1. The molecule has 0 atom stereocenters. The number of hydrogen-bond donors (Lipinski definition) is 0. The SMILES string of the molecule is CC(C)S(=O)(=O)c1ccc(CC(=O)N(CCCN2CCOCC2)c2nc3c(F)cc(F)cc3s2)cc1.Cl. The molecule has 7 nitrogen and oxygen atoms in total. The van der Waals surface area contributed by atoms with Crippen molar-refractivity contribution in [3.8, 4) is 0 Å². The zero-order valence-electron chi connectivity index (χ0n) is 20.7. The number of aromatic nitrogens is 1. The molecule has 1 aliphatic heterocycles. The van der Waals surface area contributed by atoms with Crippen molar-refractivity contribution in [1.29, 1.82) is 0 Å². The van der Waals surface area contributed by atoms with Gasteiger partial charge in [-0.3, -0.25) is 14.6 Å². The van der Waals surface area contributed by atoms with Gasteiger partial charge in [0.05, 0.1) is 34.5 Å². The number of fused-ring (bicyclic) bond motifs is 1. The second-order valence-corrected chi connectivity index (χ2v) is 12.5. The third-order valence-electron chi connectivity index (χ3n) is 6.12. The molecule has 37 heavy (non-hydrogen) atoms. The summed E-state index contributed by atoms with van der Waals surface area (Å²) < 4.78 is 58.5. The Hall–Kier alpha value is -2.18. The van der Waals surface area contributed by atoms with E-state index in [4.69, 9.17) is 4.74 Å². The summed E-state index contributed by atoms with van der Waals surface area (Å²) in [5.41, 5.74) is 0.685. The molecule has 1 fully saturated rings. The quantitative estimate of drug-likeness (QED) is 0.376. The Morgan fingerprint density at radius 3 is 2.49 bits per heavy atom. The number of thiazole rings is 1. The van der Waals surface area contributed by atoms with Gasteiger partial charge < -0.3 is 4.74 Å². The predicted molar refractivity (Wildman–Crippen MR) is 143 cm³/mol. The van der Waals surface area contributed by atoms with Crippen LogP contribution in [0.25, 0.3) is 10.2 Å². The first-order valence-corrected chi connectivity index (χ1v) is 14.2. The molecule has 2 heterocycles. The van der Waals surface area contributed by atoms with Crippen LogP contribution in [0.3, 0.4) is 0 Å². The fourth-order valence-corrected chi connectivity index (χ4v) is 6.11. The molecule has 0 bridgehead atoms. The standard InChI is InChI=1S/C25H29F2N3O4S2.ClH/c1-17(2)36(32,33)20-6-4-18(5-7-20)14-23(31)30(9-3-8-29-10-12-34-13-11-29)25-28-24-21(27)15-19(26)16-22(24)35-25;/h4-7,15-17H,3,8-14H2,1-2H3;1H. The van der Waals surface area contributed by atoms with Crippen LogP contribution in [0.5, 0.6) is 0 Å². The number of carbonyl (C=O) groups excluding carboxylic acids is 1. The second kappa shape index (κ2) is 12.6. The zero-order chi connectivity index (χ0) is 25.9. The van der Waals surface area contributed by atoms with Gasteiger partial charge in [-0.05, 0) is 44.0 Å². The van der Waals surface area contributed by atoms with Crippen LogP contribution in [-0.2, 0) is 25.8 Å². The number of nitrogens with zero attached hydrogens (tertiary/aromatic N) is 3. The number of halogens is 3. The molecule has 0 saturated carbocycles. The van der Waals surface area contributed by atoms with E-state index in [1.807, 2.05) is 0 Å². The smallest absolute Gasteiger partial charge is 0.233 e. The number of anilines is 1. The van der Waals surface area contributed by atoms with E-state index >= 15 is 0 Å². The minimum Gasteiger partial charge on any atom is -0.379 e. The summed E-state index contributed by atoms with van der Waals surface area (Å²) in [5.74, 6) is -1.72. The molecule has 4 rings (SSSR count). The molecular formula is C25H30ClF2N3O4S2. The molecule has 202 valence electrons. The third-order valence-corrected chi connectivity index (χ3v) is 9.32. The van der Waals surface area contributed by atoms with E-state index in [0.717, 1.165) is 37.0 Å². The number of rotatable bonds is 9. The van der Waals surface area contributed by atoms with Gasteiger partial charge in [0, 0.05) is 32.2 Å². The maximum atomic E-state index is 14.3. The van der Waals surface area contributed by atoms with Gasteiger partial charge in [0.25, 0.3) is 0 Å². The molecule has 0 spiro atoms. The summed E-state index contributed by atoms with van der Waals surface area (Å²) in [7, 11) is -3.41. The van der Waals surface area contributed by atoms with Gasteiger partial charge in [-0.1, -0.05) is 23.5 Å². The molecule has 1 amide bonds. The van der Waals surface area contributed by atoms with Crippen molar-refractivity contribution >= 4 is 54.8 Å². The van der Waals surface area contributed by atoms with Crippen molar-refractivity contribution in [1.82, 2.24) is 9.88 Å². The van der Waals surface area contributed by atoms with Gasteiger partial charge in [-0.25, -0.2) is 22.2 Å². The Labute approximate surface area is 225 Å². The van der Waals surface area contributed by atoms with E-state index in [9.17, 15) is 22.0 Å². The van der Waals surface area contributed by atoms with Crippen LogP contribution < -0.4 is 4.90 Å². The molecule has 12 heteroatoms. The van der Waals surface area contributed by atoms with Gasteiger partial charge >= 0.3 is 0 Å². The first-order chi connectivity index (χ1) is 17.1. The van der Waals surface area contributed by atoms with Crippen LogP contribution in [0.15, 0.2) is 41.3 Å². The van der Waals surface area contributed by atoms with E-state index in [1.54, 1.807) is 26.0 Å². The summed E-state index contributed by atoms with van der Waals surface area (Å²) in [6.07, 6.45) is 0.691. The Balaban J connectivity index is 0.00000380. The maximum Gasteiger partial charge on any atom is 0.233 e. The van der Waals surface area contributed by atoms with Gasteiger partial charge in [-0.15, -0.1) is 12.4 Å². The van der Waals surface area contributed by atoms with Gasteiger partial charge in [0.2, 0.25) is 5.91 Å². The molecule has 1 aliphatic rings. The van der Waals surface area contributed by atoms with Crippen molar-refractivity contribution in [2.45, 2.75) is 36.8 Å². The average Bonchev–Trinajstić information content (AvgIpc) is 3.26. The summed E-state index contributed by atoms with van der Waals surface area (Å²) in [5, 5.41) is -0.239. The number of hydrogen-bond acceptors (Lipinski definition) is 7. The number of benzene rings is 2. The molecule has 1 saturated heterocycles. The van der Waals surface area contributed by atoms with Crippen molar-refractivity contribution in [3.63, 3.8) is 0 Å². The number of morpholine rings is 1. The number of amides is 1. The molecule has 0 N–H and O–H groups in total. The van der Waals surface area contributed by atoms with E-state index in [-0.39, 0.29) is 35.1 Å².